The Morgan fingerprint density at radius 1 is 1.10 bits per heavy atom. The molecule has 0 unspecified atom stereocenters. The molecule has 0 aliphatic rings. The first-order chi connectivity index (χ1) is 9.65. The van der Waals surface area contributed by atoms with Gasteiger partial charge in [-0.25, -0.2) is 4.79 Å². The predicted molar refractivity (Wildman–Crippen MR) is 72.3 cm³/mol. The second-order valence-electron chi connectivity index (χ2n) is 4.33. The molecule has 0 aliphatic carbocycles. The molecule has 5 heteroatoms. The Kier molecular flexibility index (Phi) is 4.55. The number of carbonyl (C=O) groups is 2. The van der Waals surface area contributed by atoms with E-state index in [-0.39, 0.29) is 18.2 Å². The minimum absolute atomic E-state index is 0.0953. The number of amides is 1. The number of carboxylic acids is 1. The van der Waals surface area contributed by atoms with Crippen molar-refractivity contribution >= 4 is 11.9 Å². The Balaban J connectivity index is 1.76. The summed E-state index contributed by atoms with van der Waals surface area (Å²) in [6, 6.07) is 12.7. The summed E-state index contributed by atoms with van der Waals surface area (Å²) < 4.78 is 5.04. The maximum absolute atomic E-state index is 11.7. The molecule has 1 amide bonds. The van der Waals surface area contributed by atoms with Crippen LogP contribution < -0.4 is 5.32 Å². The Hall–Kier alpha value is -2.56. The van der Waals surface area contributed by atoms with Crippen LogP contribution in [0.2, 0.25) is 0 Å². The van der Waals surface area contributed by atoms with E-state index in [1.807, 2.05) is 30.3 Å². The van der Waals surface area contributed by atoms with Crippen LogP contribution in [-0.4, -0.2) is 17.0 Å². The summed E-state index contributed by atoms with van der Waals surface area (Å²) in [7, 11) is 0. The molecule has 1 heterocycles. The summed E-state index contributed by atoms with van der Waals surface area (Å²) in [5.41, 5.74) is 1.11. The molecule has 0 atom stereocenters. The normalized spacial score (nSPS) is 10.2. The standard InChI is InChI=1S/C15H15NO4/c17-14(9-6-11-4-2-1-3-5-11)16-10-12-7-8-13(20-12)15(18)19/h1-5,7-8H,6,9-10H2,(H,16,17)(H,18,19). The molecule has 5 nitrogen and oxygen atoms in total. The molecule has 0 fully saturated rings. The number of aromatic carboxylic acids is 1. The lowest BCUT2D eigenvalue weighted by atomic mass is 10.1. The zero-order valence-electron chi connectivity index (χ0n) is 10.8. The third kappa shape index (κ3) is 3.98. The zero-order chi connectivity index (χ0) is 14.4. The van der Waals surface area contributed by atoms with Gasteiger partial charge in [0, 0.05) is 6.42 Å². The average Bonchev–Trinajstić information content (AvgIpc) is 2.93. The smallest absolute Gasteiger partial charge is 0.371 e. The van der Waals surface area contributed by atoms with E-state index >= 15 is 0 Å². The lowest BCUT2D eigenvalue weighted by molar-refractivity contribution is -0.121. The lowest BCUT2D eigenvalue weighted by Gasteiger charge is -2.03. The predicted octanol–water partition coefficient (Wildman–Crippen LogP) is 2.23. The van der Waals surface area contributed by atoms with Crippen LogP contribution in [0.25, 0.3) is 0 Å². The number of aryl methyl sites for hydroxylation is 1. The highest BCUT2D eigenvalue weighted by atomic mass is 16.4. The van der Waals surface area contributed by atoms with E-state index in [0.29, 0.717) is 18.6 Å². The first kappa shape index (κ1) is 13.9. The molecule has 0 radical (unpaired) electrons. The molecule has 0 saturated heterocycles. The van der Waals surface area contributed by atoms with E-state index in [1.165, 1.54) is 6.07 Å². The number of carboxylic acid groups (broad SMARTS) is 1. The van der Waals surface area contributed by atoms with Gasteiger partial charge in [-0.05, 0) is 24.1 Å². The van der Waals surface area contributed by atoms with E-state index in [2.05, 4.69) is 5.32 Å². The third-order valence-electron chi connectivity index (χ3n) is 2.82. The van der Waals surface area contributed by atoms with Crippen LogP contribution in [0.15, 0.2) is 46.9 Å². The van der Waals surface area contributed by atoms with Crippen molar-refractivity contribution in [3.8, 4) is 0 Å². The van der Waals surface area contributed by atoms with Crippen LogP contribution in [0.3, 0.4) is 0 Å². The Morgan fingerprint density at radius 2 is 1.85 bits per heavy atom. The summed E-state index contributed by atoms with van der Waals surface area (Å²) in [6.07, 6.45) is 1.06. The minimum atomic E-state index is -1.12. The van der Waals surface area contributed by atoms with Gasteiger partial charge in [-0.2, -0.15) is 0 Å². The van der Waals surface area contributed by atoms with Crippen molar-refractivity contribution in [2.45, 2.75) is 19.4 Å². The highest BCUT2D eigenvalue weighted by Gasteiger charge is 2.09. The Morgan fingerprint density at radius 3 is 2.50 bits per heavy atom. The van der Waals surface area contributed by atoms with Crippen molar-refractivity contribution in [2.75, 3.05) is 0 Å². The molecule has 2 aromatic rings. The number of hydrogen-bond donors (Lipinski definition) is 2. The Bertz CT molecular complexity index is 589. The maximum Gasteiger partial charge on any atom is 0.371 e. The summed E-state index contributed by atoms with van der Waals surface area (Å²) in [4.78, 5) is 22.3. The van der Waals surface area contributed by atoms with Crippen LogP contribution in [0.1, 0.15) is 28.3 Å². The lowest BCUT2D eigenvalue weighted by Crippen LogP contribution is -2.22. The fourth-order valence-corrected chi connectivity index (χ4v) is 1.76. The van der Waals surface area contributed by atoms with Crippen LogP contribution in [0.5, 0.6) is 0 Å². The SMILES string of the molecule is O=C(CCc1ccccc1)NCc1ccc(C(=O)O)o1. The number of furan rings is 1. The van der Waals surface area contributed by atoms with Crippen molar-refractivity contribution < 1.29 is 19.1 Å². The van der Waals surface area contributed by atoms with Crippen molar-refractivity contribution in [2.24, 2.45) is 0 Å². The van der Waals surface area contributed by atoms with Crippen LogP contribution >= 0.6 is 0 Å². The summed E-state index contributed by atoms with van der Waals surface area (Å²) in [5.74, 6) is -0.914. The van der Waals surface area contributed by atoms with Gasteiger partial charge < -0.3 is 14.8 Å². The molecular weight excluding hydrogens is 258 g/mol. The third-order valence-corrected chi connectivity index (χ3v) is 2.82. The number of rotatable bonds is 6. The second kappa shape index (κ2) is 6.56. The van der Waals surface area contributed by atoms with Crippen LogP contribution in [0.4, 0.5) is 0 Å². The molecule has 0 aliphatic heterocycles. The fraction of sp³-hybridized carbons (Fsp3) is 0.200. The largest absolute Gasteiger partial charge is 0.475 e. The van der Waals surface area contributed by atoms with Crippen molar-refractivity contribution in [3.63, 3.8) is 0 Å². The van der Waals surface area contributed by atoms with Crippen LogP contribution in [-0.2, 0) is 17.8 Å². The fourth-order valence-electron chi connectivity index (χ4n) is 1.76. The van der Waals surface area contributed by atoms with Gasteiger partial charge in [0.25, 0.3) is 0 Å². The van der Waals surface area contributed by atoms with Crippen molar-refractivity contribution in [3.05, 3.63) is 59.5 Å². The summed E-state index contributed by atoms with van der Waals surface area (Å²) in [5, 5.41) is 11.4. The van der Waals surface area contributed by atoms with Crippen LogP contribution in [0, 0.1) is 0 Å². The van der Waals surface area contributed by atoms with Gasteiger partial charge >= 0.3 is 5.97 Å². The van der Waals surface area contributed by atoms with E-state index in [4.69, 9.17) is 9.52 Å². The molecular formula is C15H15NO4. The van der Waals surface area contributed by atoms with E-state index in [9.17, 15) is 9.59 Å². The monoisotopic (exact) mass is 273 g/mol. The number of benzene rings is 1. The van der Waals surface area contributed by atoms with Gasteiger partial charge in [-0.15, -0.1) is 0 Å². The second-order valence-corrected chi connectivity index (χ2v) is 4.33. The first-order valence-corrected chi connectivity index (χ1v) is 6.28. The minimum Gasteiger partial charge on any atom is -0.475 e. The number of nitrogens with one attached hydrogen (secondary N) is 1. The molecule has 2 N–H and O–H groups in total. The summed E-state index contributed by atoms with van der Waals surface area (Å²) >= 11 is 0. The van der Waals surface area contributed by atoms with Crippen molar-refractivity contribution in [1.29, 1.82) is 0 Å². The molecule has 0 saturated carbocycles. The number of carbonyl (C=O) groups excluding carboxylic acids is 1. The zero-order valence-corrected chi connectivity index (χ0v) is 10.8. The van der Waals surface area contributed by atoms with E-state index in [1.54, 1.807) is 6.07 Å². The summed E-state index contributed by atoms with van der Waals surface area (Å²) in [6.45, 7) is 0.195. The average molecular weight is 273 g/mol. The van der Waals surface area contributed by atoms with E-state index in [0.717, 1.165) is 5.56 Å². The van der Waals surface area contributed by atoms with Gasteiger partial charge in [0.05, 0.1) is 6.54 Å². The molecule has 104 valence electrons. The van der Waals surface area contributed by atoms with Crippen molar-refractivity contribution in [1.82, 2.24) is 5.32 Å². The molecule has 1 aromatic carbocycles. The molecule has 20 heavy (non-hydrogen) atoms. The van der Waals surface area contributed by atoms with Gasteiger partial charge in [-0.1, -0.05) is 30.3 Å². The highest BCUT2D eigenvalue weighted by molar-refractivity contribution is 5.84. The van der Waals surface area contributed by atoms with Gasteiger partial charge in [0.2, 0.25) is 11.7 Å². The quantitative estimate of drug-likeness (QED) is 0.845. The Labute approximate surface area is 116 Å². The van der Waals surface area contributed by atoms with Gasteiger partial charge in [0.15, 0.2) is 0 Å². The van der Waals surface area contributed by atoms with Gasteiger partial charge in [-0.3, -0.25) is 4.79 Å². The molecule has 2 rings (SSSR count). The van der Waals surface area contributed by atoms with E-state index < -0.39 is 5.97 Å². The first-order valence-electron chi connectivity index (χ1n) is 6.28. The maximum atomic E-state index is 11.7. The topological polar surface area (TPSA) is 79.5 Å². The molecule has 0 spiro atoms. The molecule has 0 bridgehead atoms. The van der Waals surface area contributed by atoms with Gasteiger partial charge in [0.1, 0.15) is 5.76 Å². The number of hydrogen-bond acceptors (Lipinski definition) is 3. The highest BCUT2D eigenvalue weighted by Crippen LogP contribution is 2.08. The molecule has 1 aromatic heterocycles.